The second kappa shape index (κ2) is 9.18. The Balaban J connectivity index is 1.95. The number of alkyl halides is 3. The fourth-order valence-electron chi connectivity index (χ4n) is 4.38. The van der Waals surface area contributed by atoms with Crippen molar-refractivity contribution in [2.75, 3.05) is 31.5 Å². The van der Waals surface area contributed by atoms with Gasteiger partial charge in [0.1, 0.15) is 5.75 Å². The Hall–Kier alpha value is -2.26. The predicted molar refractivity (Wildman–Crippen MR) is 123 cm³/mol. The van der Waals surface area contributed by atoms with Gasteiger partial charge in [0.05, 0.1) is 22.8 Å². The number of sulfonamides is 1. The molecule has 0 bridgehead atoms. The maximum atomic E-state index is 13.6. The van der Waals surface area contributed by atoms with Gasteiger partial charge in [-0.2, -0.15) is 13.2 Å². The lowest BCUT2D eigenvalue weighted by Crippen LogP contribution is -2.20. The Morgan fingerprint density at radius 2 is 1.61 bits per heavy atom. The van der Waals surface area contributed by atoms with Gasteiger partial charge in [-0.05, 0) is 94.6 Å². The smallest absolute Gasteiger partial charge is 0.419 e. The second-order valence-electron chi connectivity index (χ2n) is 9.00. The van der Waals surface area contributed by atoms with E-state index in [4.69, 9.17) is 4.74 Å². The molecule has 1 fully saturated rings. The molecule has 3 rings (SSSR count). The molecule has 1 unspecified atom stereocenters. The van der Waals surface area contributed by atoms with Gasteiger partial charge in [0.15, 0.2) is 0 Å². The number of rotatable bonds is 6. The Morgan fingerprint density at radius 3 is 2.12 bits per heavy atom. The summed E-state index contributed by atoms with van der Waals surface area (Å²) in [5, 5.41) is 0. The number of hydrogen-bond acceptors (Lipinski definition) is 4. The van der Waals surface area contributed by atoms with E-state index in [1.807, 2.05) is 27.8 Å². The summed E-state index contributed by atoms with van der Waals surface area (Å²) in [5.41, 5.74) is 3.11. The normalized spacial score (nSPS) is 17.4. The molecule has 0 amide bonds. The number of nitrogens with one attached hydrogen (secondary N) is 1. The van der Waals surface area contributed by atoms with Crippen LogP contribution in [0.5, 0.6) is 5.75 Å². The molecule has 33 heavy (non-hydrogen) atoms. The summed E-state index contributed by atoms with van der Waals surface area (Å²) >= 11 is 0. The van der Waals surface area contributed by atoms with Crippen LogP contribution in [0.15, 0.2) is 23.1 Å². The van der Waals surface area contributed by atoms with E-state index in [-0.39, 0.29) is 28.9 Å². The fraction of sp³-hybridized carbons (Fsp3) is 0.500. The minimum absolute atomic E-state index is 0.0243. The molecule has 9 heteroatoms. The lowest BCUT2D eigenvalue weighted by Gasteiger charge is -2.20. The van der Waals surface area contributed by atoms with Crippen molar-refractivity contribution in [3.05, 3.63) is 51.6 Å². The van der Waals surface area contributed by atoms with Crippen molar-refractivity contribution in [2.24, 2.45) is 5.92 Å². The molecular formula is C24H31F3N2O3S. The molecule has 1 aliphatic rings. The van der Waals surface area contributed by atoms with Crippen molar-refractivity contribution in [1.82, 2.24) is 4.90 Å². The molecule has 1 N–H and O–H groups in total. The van der Waals surface area contributed by atoms with Crippen molar-refractivity contribution < 1.29 is 26.3 Å². The molecule has 0 radical (unpaired) electrons. The highest BCUT2D eigenvalue weighted by Crippen LogP contribution is 2.39. The summed E-state index contributed by atoms with van der Waals surface area (Å²) in [6, 6.07) is 3.10. The van der Waals surface area contributed by atoms with E-state index in [9.17, 15) is 21.6 Å². The number of nitrogens with zero attached hydrogens (tertiary/aromatic N) is 1. The first-order chi connectivity index (χ1) is 15.2. The van der Waals surface area contributed by atoms with E-state index in [0.717, 1.165) is 54.4 Å². The molecule has 182 valence electrons. The zero-order valence-corrected chi connectivity index (χ0v) is 20.7. The van der Waals surface area contributed by atoms with Gasteiger partial charge in [-0.1, -0.05) is 0 Å². The van der Waals surface area contributed by atoms with Crippen molar-refractivity contribution in [3.8, 4) is 5.75 Å². The third kappa shape index (κ3) is 5.30. The Bertz CT molecular complexity index is 1130. The van der Waals surface area contributed by atoms with Crippen LogP contribution in [0.25, 0.3) is 0 Å². The van der Waals surface area contributed by atoms with Crippen LogP contribution in [-0.4, -0.2) is 40.1 Å². The number of anilines is 1. The van der Waals surface area contributed by atoms with Crippen molar-refractivity contribution in [1.29, 1.82) is 0 Å². The number of benzene rings is 2. The maximum absolute atomic E-state index is 13.6. The Kier molecular flexibility index (Phi) is 7.05. The molecule has 5 nitrogen and oxygen atoms in total. The van der Waals surface area contributed by atoms with Crippen LogP contribution >= 0.6 is 0 Å². The molecule has 0 aromatic heterocycles. The third-order valence-corrected chi connectivity index (χ3v) is 8.36. The minimum Gasteiger partial charge on any atom is -0.493 e. The van der Waals surface area contributed by atoms with Crippen LogP contribution in [0, 0.1) is 40.5 Å². The van der Waals surface area contributed by atoms with Crippen LogP contribution in [0.2, 0.25) is 0 Å². The third-order valence-electron chi connectivity index (χ3n) is 6.70. The molecular weight excluding hydrogens is 453 g/mol. The van der Waals surface area contributed by atoms with Crippen molar-refractivity contribution >= 4 is 15.7 Å². The number of halogens is 3. The predicted octanol–water partition coefficient (Wildman–Crippen LogP) is 5.38. The largest absolute Gasteiger partial charge is 0.493 e. The highest BCUT2D eigenvalue weighted by atomic mass is 32.2. The minimum atomic E-state index is -4.61. The first-order valence-corrected chi connectivity index (χ1v) is 12.3. The van der Waals surface area contributed by atoms with Gasteiger partial charge in [-0.25, -0.2) is 8.42 Å². The molecule has 0 spiro atoms. The maximum Gasteiger partial charge on any atom is 0.419 e. The van der Waals surface area contributed by atoms with Crippen LogP contribution in [0.3, 0.4) is 0 Å². The summed E-state index contributed by atoms with van der Waals surface area (Å²) in [7, 11) is -2.08. The van der Waals surface area contributed by atoms with E-state index in [1.54, 1.807) is 13.8 Å². The summed E-state index contributed by atoms with van der Waals surface area (Å²) in [6.45, 7) is 10.9. The van der Waals surface area contributed by atoms with Gasteiger partial charge in [0.25, 0.3) is 10.0 Å². The molecule has 1 saturated heterocycles. The number of likely N-dealkylation sites (tertiary alicyclic amines) is 1. The second-order valence-corrected chi connectivity index (χ2v) is 10.6. The van der Waals surface area contributed by atoms with Gasteiger partial charge in [-0.3, -0.25) is 4.72 Å². The number of hydrogen-bond donors (Lipinski definition) is 1. The van der Waals surface area contributed by atoms with E-state index >= 15 is 0 Å². The summed E-state index contributed by atoms with van der Waals surface area (Å²) < 4.78 is 75.2. The standard InChI is InChI=1S/C24H31F3N2O3S/c1-14-15(2)17(4)23(18(5)16(14)3)33(30,31)28-20-7-8-21(24(25,26)27)22(11-20)32-13-19-9-10-29(6)12-19/h7-8,11,19,28H,9-10,12-13H2,1-6H3. The fourth-order valence-corrected chi connectivity index (χ4v) is 6.04. The van der Waals surface area contributed by atoms with Crippen LogP contribution in [0.4, 0.5) is 18.9 Å². The van der Waals surface area contributed by atoms with Crippen LogP contribution < -0.4 is 9.46 Å². The number of ether oxygens (including phenoxy) is 1. The van der Waals surface area contributed by atoms with E-state index in [1.165, 1.54) is 0 Å². The monoisotopic (exact) mass is 484 g/mol. The molecule has 0 aliphatic carbocycles. The highest BCUT2D eigenvalue weighted by Gasteiger charge is 2.35. The summed E-state index contributed by atoms with van der Waals surface area (Å²) in [6.07, 6.45) is -3.77. The van der Waals surface area contributed by atoms with E-state index in [2.05, 4.69) is 9.62 Å². The van der Waals surface area contributed by atoms with Gasteiger partial charge in [0, 0.05) is 18.5 Å². The molecule has 0 saturated carbocycles. The SMILES string of the molecule is Cc1c(C)c(C)c(S(=O)(=O)Nc2ccc(C(F)(F)F)c(OCC3CCN(C)C3)c2)c(C)c1C. The van der Waals surface area contributed by atoms with Crippen molar-refractivity contribution in [2.45, 2.75) is 52.1 Å². The topological polar surface area (TPSA) is 58.6 Å². The van der Waals surface area contributed by atoms with Crippen molar-refractivity contribution in [3.63, 3.8) is 0 Å². The average molecular weight is 485 g/mol. The molecule has 1 aliphatic heterocycles. The first kappa shape index (κ1) is 25.4. The zero-order chi connectivity index (χ0) is 24.7. The Labute approximate surface area is 194 Å². The van der Waals surface area contributed by atoms with E-state index < -0.39 is 21.8 Å². The van der Waals surface area contributed by atoms with Gasteiger partial charge < -0.3 is 9.64 Å². The molecule has 2 aromatic carbocycles. The zero-order valence-electron chi connectivity index (χ0n) is 19.9. The van der Waals surface area contributed by atoms with Crippen LogP contribution in [-0.2, 0) is 16.2 Å². The molecule has 2 aromatic rings. The summed E-state index contributed by atoms with van der Waals surface area (Å²) in [4.78, 5) is 2.25. The quantitative estimate of drug-likeness (QED) is 0.598. The molecule has 1 atom stereocenters. The van der Waals surface area contributed by atoms with Crippen LogP contribution in [0.1, 0.15) is 39.8 Å². The van der Waals surface area contributed by atoms with Gasteiger partial charge in [0.2, 0.25) is 0 Å². The van der Waals surface area contributed by atoms with Gasteiger partial charge >= 0.3 is 6.18 Å². The average Bonchev–Trinajstić information content (AvgIpc) is 3.13. The summed E-state index contributed by atoms with van der Waals surface area (Å²) in [5.74, 6) is -0.248. The lowest BCUT2D eigenvalue weighted by atomic mass is 9.95. The molecule has 1 heterocycles. The van der Waals surface area contributed by atoms with E-state index in [0.29, 0.717) is 11.1 Å². The highest BCUT2D eigenvalue weighted by molar-refractivity contribution is 7.92. The Morgan fingerprint density at radius 1 is 1.03 bits per heavy atom. The van der Waals surface area contributed by atoms with Gasteiger partial charge in [-0.15, -0.1) is 0 Å². The lowest BCUT2D eigenvalue weighted by molar-refractivity contribution is -0.139. The first-order valence-electron chi connectivity index (χ1n) is 10.8.